The molecule has 0 spiro atoms. The van der Waals surface area contributed by atoms with Gasteiger partial charge in [-0.25, -0.2) is 4.79 Å². The number of aromatic nitrogens is 2. The Hall–Kier alpha value is -3.52. The number of para-hydroxylation sites is 2. The number of nitrogens with one attached hydrogen (secondary N) is 1. The van der Waals surface area contributed by atoms with Gasteiger partial charge in [-0.3, -0.25) is 4.57 Å². The Labute approximate surface area is 203 Å². The van der Waals surface area contributed by atoms with E-state index in [4.69, 9.17) is 18.9 Å². The molecule has 1 aromatic heterocycles. The van der Waals surface area contributed by atoms with Crippen LogP contribution in [0, 0.1) is 0 Å². The highest BCUT2D eigenvalue weighted by atomic mass is 16.6. The quantitative estimate of drug-likeness (QED) is 0.562. The highest BCUT2D eigenvalue weighted by Gasteiger charge is 2.23. The lowest BCUT2D eigenvalue weighted by atomic mass is 9.97. The molecule has 35 heavy (non-hydrogen) atoms. The number of hydrogen-bond donors (Lipinski definition) is 1. The molecule has 3 aliphatic rings. The van der Waals surface area contributed by atoms with Gasteiger partial charge in [-0.05, 0) is 68.1 Å². The molecule has 1 N–H and O–H groups in total. The van der Waals surface area contributed by atoms with Crippen LogP contribution in [0.2, 0.25) is 0 Å². The topological polar surface area (TPSA) is 83.8 Å². The predicted molar refractivity (Wildman–Crippen MR) is 131 cm³/mol. The van der Waals surface area contributed by atoms with Gasteiger partial charge in [-0.15, -0.1) is 0 Å². The summed E-state index contributed by atoms with van der Waals surface area (Å²) in [5, 5.41) is 3.51. The van der Waals surface area contributed by atoms with Crippen LogP contribution in [-0.2, 0) is 13.0 Å². The van der Waals surface area contributed by atoms with Crippen molar-refractivity contribution in [3.05, 3.63) is 64.6 Å². The van der Waals surface area contributed by atoms with E-state index in [9.17, 15) is 4.79 Å². The number of hydrogen-bond acceptors (Lipinski definition) is 7. The zero-order chi connectivity index (χ0) is 23.6. The molecule has 0 radical (unpaired) electrons. The van der Waals surface area contributed by atoms with E-state index in [0.717, 1.165) is 42.1 Å². The molecule has 8 heteroatoms. The third-order valence-corrected chi connectivity index (χ3v) is 6.83. The molecule has 1 fully saturated rings. The highest BCUT2D eigenvalue weighted by molar-refractivity contribution is 5.67. The Morgan fingerprint density at radius 1 is 1.11 bits per heavy atom. The second kappa shape index (κ2) is 9.62. The molecule has 0 saturated carbocycles. The molecule has 4 heterocycles. The zero-order valence-electron chi connectivity index (χ0n) is 19.6. The minimum Gasteiger partial charge on any atom is -0.494 e. The van der Waals surface area contributed by atoms with Gasteiger partial charge in [0.1, 0.15) is 19.0 Å². The average molecular weight is 476 g/mol. The lowest BCUT2D eigenvalue weighted by Gasteiger charge is -2.26. The normalized spacial score (nSPS) is 20.1. The van der Waals surface area contributed by atoms with E-state index in [1.165, 1.54) is 18.4 Å². The van der Waals surface area contributed by atoms with E-state index in [2.05, 4.69) is 16.4 Å². The van der Waals surface area contributed by atoms with Crippen LogP contribution in [0.4, 0.5) is 0 Å². The van der Waals surface area contributed by atoms with Crippen LogP contribution in [0.25, 0.3) is 11.3 Å². The standard InChI is InChI=1S/C27H29N3O5/c31-27-29-26(34-17-21-16-33-24-5-1-2-6-25(24)35-21)15-23-22-8-7-20(14-18(22)9-12-30(23)27)32-13-10-19-4-3-11-28-19/h1-2,5-8,14-15,19,21,28H,3-4,9-13,16-17H2. The maximum atomic E-state index is 12.7. The fraction of sp³-hybridized carbons (Fsp3) is 0.407. The first-order chi connectivity index (χ1) is 17.2. The zero-order valence-corrected chi connectivity index (χ0v) is 19.6. The average Bonchev–Trinajstić information content (AvgIpc) is 3.41. The van der Waals surface area contributed by atoms with Gasteiger partial charge in [0, 0.05) is 24.2 Å². The number of aryl methyl sites for hydroxylation is 1. The van der Waals surface area contributed by atoms with Crippen LogP contribution in [0.3, 0.4) is 0 Å². The molecular formula is C27H29N3O5. The van der Waals surface area contributed by atoms with Gasteiger partial charge in [0.15, 0.2) is 17.6 Å². The van der Waals surface area contributed by atoms with Gasteiger partial charge in [0.25, 0.3) is 0 Å². The largest absolute Gasteiger partial charge is 0.494 e. The van der Waals surface area contributed by atoms with E-state index in [1.807, 2.05) is 42.5 Å². The van der Waals surface area contributed by atoms with Crippen molar-refractivity contribution in [2.75, 3.05) is 26.4 Å². The van der Waals surface area contributed by atoms with Crippen molar-refractivity contribution >= 4 is 0 Å². The lowest BCUT2D eigenvalue weighted by molar-refractivity contribution is 0.0520. The maximum Gasteiger partial charge on any atom is 0.351 e. The smallest absolute Gasteiger partial charge is 0.351 e. The Balaban J connectivity index is 1.14. The third kappa shape index (κ3) is 4.71. The van der Waals surface area contributed by atoms with E-state index < -0.39 is 0 Å². The van der Waals surface area contributed by atoms with E-state index in [-0.39, 0.29) is 18.4 Å². The fourth-order valence-corrected chi connectivity index (χ4v) is 4.99. The molecule has 182 valence electrons. The number of nitrogens with zero attached hydrogens (tertiary/aromatic N) is 2. The van der Waals surface area contributed by atoms with Crippen molar-refractivity contribution in [2.45, 2.75) is 44.4 Å². The lowest BCUT2D eigenvalue weighted by Crippen LogP contribution is -2.35. The van der Waals surface area contributed by atoms with Gasteiger partial charge >= 0.3 is 5.69 Å². The summed E-state index contributed by atoms with van der Waals surface area (Å²) in [5.74, 6) is 2.58. The van der Waals surface area contributed by atoms with Crippen molar-refractivity contribution in [3.8, 4) is 34.4 Å². The summed E-state index contributed by atoms with van der Waals surface area (Å²) in [6, 6.07) is 16.1. The minimum atomic E-state index is -0.307. The highest BCUT2D eigenvalue weighted by Crippen LogP contribution is 2.33. The molecule has 0 bridgehead atoms. The Morgan fingerprint density at radius 2 is 2.03 bits per heavy atom. The van der Waals surface area contributed by atoms with Crippen molar-refractivity contribution in [1.82, 2.24) is 14.9 Å². The van der Waals surface area contributed by atoms with Crippen LogP contribution in [0.15, 0.2) is 53.3 Å². The minimum absolute atomic E-state index is 0.236. The van der Waals surface area contributed by atoms with Crippen LogP contribution < -0.4 is 30.0 Å². The van der Waals surface area contributed by atoms with Gasteiger partial charge in [-0.2, -0.15) is 4.98 Å². The number of ether oxygens (including phenoxy) is 4. The SMILES string of the molecule is O=c1nc(OCC2COc3ccccc3O2)cc2n1CCc1cc(OCCC3CCCN3)ccc1-2. The molecule has 0 amide bonds. The van der Waals surface area contributed by atoms with Crippen LogP contribution in [0.5, 0.6) is 23.1 Å². The van der Waals surface area contributed by atoms with Crippen molar-refractivity contribution < 1.29 is 18.9 Å². The second-order valence-corrected chi connectivity index (χ2v) is 9.22. The predicted octanol–water partition coefficient (Wildman–Crippen LogP) is 3.21. The van der Waals surface area contributed by atoms with E-state index >= 15 is 0 Å². The summed E-state index contributed by atoms with van der Waals surface area (Å²) in [5.41, 5.74) is 2.68. The molecular weight excluding hydrogens is 446 g/mol. The number of fused-ring (bicyclic) bond motifs is 4. The van der Waals surface area contributed by atoms with Crippen molar-refractivity contribution in [2.24, 2.45) is 0 Å². The summed E-state index contributed by atoms with van der Waals surface area (Å²) in [4.78, 5) is 16.9. The molecule has 1 saturated heterocycles. The van der Waals surface area contributed by atoms with E-state index in [0.29, 0.717) is 37.4 Å². The van der Waals surface area contributed by atoms with Gasteiger partial charge in [0.2, 0.25) is 5.88 Å². The number of benzene rings is 2. The molecule has 8 nitrogen and oxygen atoms in total. The Kier molecular flexibility index (Phi) is 6.04. The van der Waals surface area contributed by atoms with Gasteiger partial charge in [-0.1, -0.05) is 12.1 Å². The molecule has 2 aromatic carbocycles. The summed E-state index contributed by atoms with van der Waals surface area (Å²) >= 11 is 0. The summed E-state index contributed by atoms with van der Waals surface area (Å²) < 4.78 is 25.3. The van der Waals surface area contributed by atoms with Crippen LogP contribution >= 0.6 is 0 Å². The molecule has 0 aliphatic carbocycles. The molecule has 2 atom stereocenters. The van der Waals surface area contributed by atoms with E-state index in [1.54, 1.807) is 4.57 Å². The van der Waals surface area contributed by atoms with Crippen molar-refractivity contribution in [3.63, 3.8) is 0 Å². The third-order valence-electron chi connectivity index (χ3n) is 6.83. The first-order valence-electron chi connectivity index (χ1n) is 12.4. The van der Waals surface area contributed by atoms with Gasteiger partial charge < -0.3 is 24.3 Å². The van der Waals surface area contributed by atoms with Crippen molar-refractivity contribution in [1.29, 1.82) is 0 Å². The summed E-state index contributed by atoms with van der Waals surface area (Å²) in [7, 11) is 0. The first kappa shape index (κ1) is 22.0. The summed E-state index contributed by atoms with van der Waals surface area (Å²) in [6.45, 7) is 3.01. The molecule has 3 aromatic rings. The van der Waals surface area contributed by atoms with Crippen LogP contribution in [0.1, 0.15) is 24.8 Å². The monoisotopic (exact) mass is 475 g/mol. The van der Waals surface area contributed by atoms with Gasteiger partial charge in [0.05, 0.1) is 12.3 Å². The maximum absolute atomic E-state index is 12.7. The Bertz CT molecular complexity index is 1270. The Morgan fingerprint density at radius 3 is 2.91 bits per heavy atom. The first-order valence-corrected chi connectivity index (χ1v) is 12.4. The van der Waals surface area contributed by atoms with Crippen LogP contribution in [-0.4, -0.2) is 48.1 Å². The molecule has 6 rings (SSSR count). The molecule has 3 aliphatic heterocycles. The molecule has 2 unspecified atom stereocenters. The summed E-state index contributed by atoms with van der Waals surface area (Å²) in [6.07, 6.45) is 3.97. The number of rotatable bonds is 7. The second-order valence-electron chi connectivity index (χ2n) is 9.22. The fourth-order valence-electron chi connectivity index (χ4n) is 4.99.